The minimum Gasteiger partial charge on any atom is -0.486 e. The highest BCUT2D eigenvalue weighted by Crippen LogP contribution is 2.42. The second kappa shape index (κ2) is 6.88. The summed E-state index contributed by atoms with van der Waals surface area (Å²) in [5.41, 5.74) is 0.499. The van der Waals surface area contributed by atoms with Gasteiger partial charge in [0.2, 0.25) is 5.91 Å². The number of benzene rings is 2. The van der Waals surface area contributed by atoms with E-state index in [9.17, 15) is 13.2 Å². The Morgan fingerprint density at radius 3 is 2.30 bits per heavy atom. The molecule has 0 unspecified atom stereocenters. The first-order valence-corrected chi connectivity index (χ1v) is 10.5. The fourth-order valence-corrected chi connectivity index (χ4v) is 5.84. The summed E-state index contributed by atoms with van der Waals surface area (Å²) in [5, 5.41) is 2.80. The van der Waals surface area contributed by atoms with Gasteiger partial charge in [0.15, 0.2) is 26.1 Å². The van der Waals surface area contributed by atoms with Crippen LogP contribution in [0.4, 0.5) is 5.69 Å². The summed E-state index contributed by atoms with van der Waals surface area (Å²) in [7, 11) is -3.80. The maximum absolute atomic E-state index is 13.3. The predicted octanol–water partition coefficient (Wildman–Crippen LogP) is 3.18. The summed E-state index contributed by atoms with van der Waals surface area (Å²) in [5.74, 6) is 0.678. The van der Waals surface area contributed by atoms with Crippen LogP contribution in [-0.2, 0) is 14.6 Å². The molecule has 0 spiro atoms. The third-order valence-corrected chi connectivity index (χ3v) is 7.71. The fraction of sp³-hybridized carbons (Fsp3) is 0.350. The summed E-state index contributed by atoms with van der Waals surface area (Å²) >= 11 is 0. The Bertz CT molecular complexity index is 950. The smallest absolute Gasteiger partial charge is 0.246 e. The summed E-state index contributed by atoms with van der Waals surface area (Å²) in [6.07, 6.45) is 2.06. The van der Waals surface area contributed by atoms with Crippen LogP contribution in [0.5, 0.6) is 11.5 Å². The SMILES string of the molecule is O=C(Nc1ccc2c(c1)OCCO2)C1(S(=O)(=O)c2ccccc2)CCCC1. The van der Waals surface area contributed by atoms with Crippen molar-refractivity contribution in [3.05, 3.63) is 48.5 Å². The third-order valence-electron chi connectivity index (χ3n) is 5.19. The Morgan fingerprint density at radius 2 is 1.59 bits per heavy atom. The van der Waals surface area contributed by atoms with Crippen molar-refractivity contribution >= 4 is 21.4 Å². The minimum absolute atomic E-state index is 0.184. The molecule has 142 valence electrons. The van der Waals surface area contributed by atoms with Gasteiger partial charge < -0.3 is 14.8 Å². The number of carbonyl (C=O) groups is 1. The monoisotopic (exact) mass is 387 g/mol. The van der Waals surface area contributed by atoms with Crippen LogP contribution in [0.1, 0.15) is 25.7 Å². The van der Waals surface area contributed by atoms with Gasteiger partial charge in [-0.05, 0) is 37.1 Å². The Balaban J connectivity index is 1.65. The molecule has 6 nitrogen and oxygen atoms in total. The Hall–Kier alpha value is -2.54. The van der Waals surface area contributed by atoms with Crippen LogP contribution in [-0.4, -0.2) is 32.3 Å². The van der Waals surface area contributed by atoms with E-state index >= 15 is 0 Å². The molecule has 1 aliphatic heterocycles. The molecule has 0 saturated heterocycles. The molecule has 1 fully saturated rings. The van der Waals surface area contributed by atoms with Gasteiger partial charge in [-0.15, -0.1) is 0 Å². The lowest BCUT2D eigenvalue weighted by Gasteiger charge is -2.28. The Kier molecular flexibility index (Phi) is 4.55. The number of anilines is 1. The number of sulfone groups is 1. The van der Waals surface area contributed by atoms with E-state index in [1.165, 1.54) is 0 Å². The molecule has 1 saturated carbocycles. The number of rotatable bonds is 4. The molecule has 2 aromatic rings. The number of ether oxygens (including phenoxy) is 2. The largest absolute Gasteiger partial charge is 0.486 e. The van der Waals surface area contributed by atoms with Gasteiger partial charge in [-0.3, -0.25) is 4.79 Å². The highest BCUT2D eigenvalue weighted by Gasteiger charge is 2.52. The van der Waals surface area contributed by atoms with Crippen molar-refractivity contribution in [3.8, 4) is 11.5 Å². The standard InChI is InChI=1S/C20H21NO5S/c22-19(21-15-8-9-17-18(14-15)26-13-12-25-17)20(10-4-5-11-20)27(23,24)16-6-2-1-3-7-16/h1-3,6-9,14H,4-5,10-13H2,(H,21,22). The van der Waals surface area contributed by atoms with E-state index in [2.05, 4.69) is 5.32 Å². The van der Waals surface area contributed by atoms with Gasteiger partial charge in [0.25, 0.3) is 0 Å². The van der Waals surface area contributed by atoms with Crippen LogP contribution in [0.25, 0.3) is 0 Å². The molecule has 0 radical (unpaired) electrons. The van der Waals surface area contributed by atoms with Gasteiger partial charge >= 0.3 is 0 Å². The zero-order valence-corrected chi connectivity index (χ0v) is 15.6. The van der Waals surface area contributed by atoms with E-state index in [0.717, 1.165) is 0 Å². The number of hydrogen-bond acceptors (Lipinski definition) is 5. The summed E-state index contributed by atoms with van der Waals surface area (Å²) in [6, 6.07) is 13.3. The van der Waals surface area contributed by atoms with Crippen molar-refractivity contribution in [2.24, 2.45) is 0 Å². The summed E-state index contributed by atoms with van der Waals surface area (Å²) in [6.45, 7) is 0.924. The molecule has 1 aliphatic carbocycles. The molecular formula is C20H21NO5S. The van der Waals surface area contributed by atoms with Gasteiger partial charge in [-0.2, -0.15) is 0 Å². The quantitative estimate of drug-likeness (QED) is 0.871. The summed E-state index contributed by atoms with van der Waals surface area (Å²) in [4.78, 5) is 13.3. The van der Waals surface area contributed by atoms with E-state index < -0.39 is 20.5 Å². The fourth-order valence-electron chi connectivity index (χ4n) is 3.76. The molecule has 0 aromatic heterocycles. The van der Waals surface area contributed by atoms with Crippen LogP contribution >= 0.6 is 0 Å². The second-order valence-corrected chi connectivity index (χ2v) is 9.09. The van der Waals surface area contributed by atoms with Gasteiger partial charge in [0, 0.05) is 11.8 Å². The molecule has 1 heterocycles. The molecule has 27 heavy (non-hydrogen) atoms. The normalized spacial score (nSPS) is 18.1. The number of nitrogens with one attached hydrogen (secondary N) is 1. The van der Waals surface area contributed by atoms with Gasteiger partial charge in [0.05, 0.1) is 4.90 Å². The number of amides is 1. The van der Waals surface area contributed by atoms with Crippen LogP contribution in [0.2, 0.25) is 0 Å². The van der Waals surface area contributed by atoms with E-state index in [0.29, 0.717) is 56.1 Å². The number of carbonyl (C=O) groups excluding carboxylic acids is 1. The van der Waals surface area contributed by atoms with Crippen LogP contribution in [0, 0.1) is 0 Å². The van der Waals surface area contributed by atoms with Crippen molar-refractivity contribution in [2.75, 3.05) is 18.5 Å². The Morgan fingerprint density at radius 1 is 0.926 bits per heavy atom. The van der Waals surface area contributed by atoms with Crippen molar-refractivity contribution in [1.29, 1.82) is 0 Å². The van der Waals surface area contributed by atoms with Crippen molar-refractivity contribution in [3.63, 3.8) is 0 Å². The van der Waals surface area contributed by atoms with Crippen molar-refractivity contribution in [1.82, 2.24) is 0 Å². The van der Waals surface area contributed by atoms with Gasteiger partial charge in [-0.25, -0.2) is 8.42 Å². The third kappa shape index (κ3) is 3.06. The lowest BCUT2D eigenvalue weighted by Crippen LogP contribution is -2.47. The molecule has 2 aromatic carbocycles. The maximum atomic E-state index is 13.3. The van der Waals surface area contributed by atoms with Crippen LogP contribution < -0.4 is 14.8 Å². The maximum Gasteiger partial charge on any atom is 0.246 e. The summed E-state index contributed by atoms with van der Waals surface area (Å²) < 4.78 is 36.2. The average Bonchev–Trinajstić information content (AvgIpc) is 3.20. The van der Waals surface area contributed by atoms with Gasteiger partial charge in [-0.1, -0.05) is 31.0 Å². The molecule has 2 aliphatic rings. The highest BCUT2D eigenvalue weighted by molar-refractivity contribution is 7.93. The molecule has 4 rings (SSSR count). The van der Waals surface area contributed by atoms with E-state index in [-0.39, 0.29) is 4.90 Å². The second-order valence-electron chi connectivity index (χ2n) is 6.83. The Labute approximate surface area is 158 Å². The van der Waals surface area contributed by atoms with Crippen molar-refractivity contribution < 1.29 is 22.7 Å². The average molecular weight is 387 g/mol. The van der Waals surface area contributed by atoms with E-state index in [1.807, 2.05) is 0 Å². The first kappa shape index (κ1) is 17.9. The molecule has 0 bridgehead atoms. The molecular weight excluding hydrogens is 366 g/mol. The zero-order chi connectivity index (χ0) is 18.9. The molecule has 7 heteroatoms. The number of hydrogen-bond donors (Lipinski definition) is 1. The molecule has 1 N–H and O–H groups in total. The molecule has 1 amide bonds. The van der Waals surface area contributed by atoms with E-state index in [1.54, 1.807) is 48.5 Å². The topological polar surface area (TPSA) is 81.7 Å². The highest BCUT2D eigenvalue weighted by atomic mass is 32.2. The van der Waals surface area contributed by atoms with Crippen molar-refractivity contribution in [2.45, 2.75) is 35.3 Å². The van der Waals surface area contributed by atoms with Gasteiger partial charge in [0.1, 0.15) is 13.2 Å². The first-order chi connectivity index (χ1) is 13.0. The lowest BCUT2D eigenvalue weighted by atomic mass is 10.1. The van der Waals surface area contributed by atoms with Crippen LogP contribution in [0.15, 0.2) is 53.4 Å². The van der Waals surface area contributed by atoms with Crippen LogP contribution in [0.3, 0.4) is 0 Å². The van der Waals surface area contributed by atoms with E-state index in [4.69, 9.17) is 9.47 Å². The lowest BCUT2D eigenvalue weighted by molar-refractivity contribution is -0.118. The predicted molar refractivity (Wildman–Crippen MR) is 101 cm³/mol. The minimum atomic E-state index is -3.80. The molecule has 0 atom stereocenters. The zero-order valence-electron chi connectivity index (χ0n) is 14.8. The number of fused-ring (bicyclic) bond motifs is 1. The first-order valence-electron chi connectivity index (χ1n) is 9.04.